The smallest absolute Gasteiger partial charge is 0.235 e. The highest BCUT2D eigenvalue weighted by Crippen LogP contribution is 2.24. The van der Waals surface area contributed by atoms with Gasteiger partial charge in [-0.15, -0.1) is 11.3 Å². The van der Waals surface area contributed by atoms with Crippen molar-refractivity contribution in [3.05, 3.63) is 29.5 Å². The zero-order valence-electron chi connectivity index (χ0n) is 13.8. The second kappa shape index (κ2) is 7.40. The van der Waals surface area contributed by atoms with Crippen LogP contribution in [0, 0.1) is 0 Å². The Hall–Kier alpha value is -1.47. The van der Waals surface area contributed by atoms with Gasteiger partial charge in [-0.1, -0.05) is 6.92 Å². The SMILES string of the molecule is CCC(C)(C)NC(=O)C(C)S(=O)Cc1csc(-c2ccco2)n1. The number of carbonyl (C=O) groups is 1. The standard InChI is InChI=1S/C16H22N2O3S2/c1-5-16(3,4)18-14(19)11(2)23(20)10-12-9-22-15(17-12)13-7-6-8-21-13/h6-9,11H,5,10H2,1-4H3,(H,18,19). The Balaban J connectivity index is 1.97. The second-order valence-corrected chi connectivity index (χ2v) is 8.63. The van der Waals surface area contributed by atoms with Gasteiger partial charge in [-0.05, 0) is 39.3 Å². The third-order valence-corrected chi connectivity index (χ3v) is 6.17. The maximum Gasteiger partial charge on any atom is 0.235 e. The molecule has 2 aromatic rings. The van der Waals surface area contributed by atoms with Crippen molar-refractivity contribution in [2.75, 3.05) is 0 Å². The Bertz CT molecular complexity index is 677. The van der Waals surface area contributed by atoms with E-state index in [1.165, 1.54) is 11.3 Å². The van der Waals surface area contributed by atoms with Gasteiger partial charge in [-0.3, -0.25) is 9.00 Å². The maximum absolute atomic E-state index is 12.4. The number of nitrogens with one attached hydrogen (secondary N) is 1. The number of nitrogens with zero attached hydrogens (tertiary/aromatic N) is 1. The summed E-state index contributed by atoms with van der Waals surface area (Å²) in [6, 6.07) is 3.64. The monoisotopic (exact) mass is 354 g/mol. The molecule has 0 saturated heterocycles. The summed E-state index contributed by atoms with van der Waals surface area (Å²) in [5, 5.41) is 4.97. The Morgan fingerprint density at radius 2 is 2.26 bits per heavy atom. The van der Waals surface area contributed by atoms with Crippen molar-refractivity contribution in [2.45, 2.75) is 50.7 Å². The van der Waals surface area contributed by atoms with E-state index in [1.54, 1.807) is 19.3 Å². The fourth-order valence-electron chi connectivity index (χ4n) is 1.80. The van der Waals surface area contributed by atoms with E-state index < -0.39 is 16.0 Å². The molecule has 5 nitrogen and oxygen atoms in total. The molecule has 0 spiro atoms. The van der Waals surface area contributed by atoms with Crippen molar-refractivity contribution in [2.24, 2.45) is 0 Å². The number of amides is 1. The van der Waals surface area contributed by atoms with Gasteiger partial charge >= 0.3 is 0 Å². The molecule has 23 heavy (non-hydrogen) atoms. The number of rotatable bonds is 7. The van der Waals surface area contributed by atoms with Gasteiger partial charge in [-0.25, -0.2) is 4.98 Å². The van der Waals surface area contributed by atoms with E-state index in [0.29, 0.717) is 11.5 Å². The molecule has 0 aliphatic rings. The molecule has 2 unspecified atom stereocenters. The van der Waals surface area contributed by atoms with E-state index >= 15 is 0 Å². The first-order valence-corrected chi connectivity index (χ1v) is 9.76. The van der Waals surface area contributed by atoms with E-state index in [-0.39, 0.29) is 17.2 Å². The third kappa shape index (κ3) is 4.75. The molecular weight excluding hydrogens is 332 g/mol. The summed E-state index contributed by atoms with van der Waals surface area (Å²) in [6.07, 6.45) is 2.41. The molecule has 0 bridgehead atoms. The predicted molar refractivity (Wildman–Crippen MR) is 93.6 cm³/mol. The molecule has 0 aliphatic heterocycles. The van der Waals surface area contributed by atoms with Crippen LogP contribution in [0.1, 0.15) is 39.8 Å². The largest absolute Gasteiger partial charge is 0.462 e. The zero-order chi connectivity index (χ0) is 17.0. The molecular formula is C16H22N2O3S2. The average molecular weight is 354 g/mol. The van der Waals surface area contributed by atoms with Gasteiger partial charge in [0.05, 0.1) is 17.7 Å². The van der Waals surface area contributed by atoms with Crippen LogP contribution in [-0.4, -0.2) is 25.9 Å². The van der Waals surface area contributed by atoms with Crippen molar-refractivity contribution in [3.8, 4) is 10.8 Å². The molecule has 2 aromatic heterocycles. The van der Waals surface area contributed by atoms with Gasteiger partial charge in [0, 0.05) is 21.7 Å². The number of furan rings is 1. The Morgan fingerprint density at radius 3 is 2.87 bits per heavy atom. The second-order valence-electron chi connectivity index (χ2n) is 6.02. The minimum atomic E-state index is -1.31. The normalized spacial score (nSPS) is 14.4. The summed E-state index contributed by atoms with van der Waals surface area (Å²) in [6.45, 7) is 7.61. The van der Waals surface area contributed by atoms with Crippen molar-refractivity contribution in [1.82, 2.24) is 10.3 Å². The first-order valence-electron chi connectivity index (χ1n) is 7.50. The molecule has 2 heterocycles. The van der Waals surface area contributed by atoms with Crippen molar-refractivity contribution >= 4 is 28.0 Å². The Morgan fingerprint density at radius 1 is 1.52 bits per heavy atom. The van der Waals surface area contributed by atoms with E-state index in [1.807, 2.05) is 32.2 Å². The Kier molecular flexibility index (Phi) is 5.75. The highest BCUT2D eigenvalue weighted by Gasteiger charge is 2.26. The number of thiazole rings is 1. The zero-order valence-corrected chi connectivity index (χ0v) is 15.4. The number of carbonyl (C=O) groups excluding carboxylic acids is 1. The summed E-state index contributed by atoms with van der Waals surface area (Å²) in [5.74, 6) is 0.775. The number of aromatic nitrogens is 1. The van der Waals surface area contributed by atoms with Gasteiger partial charge in [0.15, 0.2) is 10.8 Å². The topological polar surface area (TPSA) is 72.2 Å². The molecule has 1 amide bonds. The lowest BCUT2D eigenvalue weighted by Gasteiger charge is -2.26. The minimum Gasteiger partial charge on any atom is -0.462 e. The van der Waals surface area contributed by atoms with E-state index in [0.717, 1.165) is 11.4 Å². The molecule has 0 radical (unpaired) electrons. The van der Waals surface area contributed by atoms with Crippen LogP contribution in [0.4, 0.5) is 0 Å². The van der Waals surface area contributed by atoms with Crippen LogP contribution in [0.25, 0.3) is 10.8 Å². The van der Waals surface area contributed by atoms with Gasteiger partial charge in [0.2, 0.25) is 5.91 Å². The summed E-state index contributed by atoms with van der Waals surface area (Å²) in [5.41, 5.74) is 0.428. The van der Waals surface area contributed by atoms with Gasteiger partial charge in [0.1, 0.15) is 5.25 Å². The molecule has 2 rings (SSSR count). The molecule has 2 atom stereocenters. The number of hydrogen-bond donors (Lipinski definition) is 1. The fraction of sp³-hybridized carbons (Fsp3) is 0.500. The first kappa shape index (κ1) is 17.9. The molecule has 0 aliphatic carbocycles. The van der Waals surface area contributed by atoms with Crippen LogP contribution >= 0.6 is 11.3 Å². The fourth-order valence-corrected chi connectivity index (χ4v) is 3.68. The predicted octanol–water partition coefficient (Wildman–Crippen LogP) is 3.35. The highest BCUT2D eigenvalue weighted by molar-refractivity contribution is 7.85. The molecule has 126 valence electrons. The first-order chi connectivity index (χ1) is 10.8. The van der Waals surface area contributed by atoms with Crippen LogP contribution in [-0.2, 0) is 21.3 Å². The molecule has 0 aromatic carbocycles. The molecule has 1 N–H and O–H groups in total. The lowest BCUT2D eigenvalue weighted by molar-refractivity contribution is -0.121. The Labute approximate surface area is 143 Å². The third-order valence-electron chi connectivity index (χ3n) is 3.68. The summed E-state index contributed by atoms with van der Waals surface area (Å²) in [7, 11) is -1.31. The summed E-state index contributed by atoms with van der Waals surface area (Å²) < 4.78 is 17.7. The van der Waals surface area contributed by atoms with Crippen LogP contribution in [0.5, 0.6) is 0 Å². The van der Waals surface area contributed by atoms with E-state index in [9.17, 15) is 9.00 Å². The van der Waals surface area contributed by atoms with E-state index in [4.69, 9.17) is 4.42 Å². The lowest BCUT2D eigenvalue weighted by Crippen LogP contribution is -2.47. The summed E-state index contributed by atoms with van der Waals surface area (Å²) in [4.78, 5) is 16.6. The maximum atomic E-state index is 12.4. The minimum absolute atomic E-state index is 0.184. The van der Waals surface area contributed by atoms with Crippen molar-refractivity contribution in [1.29, 1.82) is 0 Å². The quantitative estimate of drug-likeness (QED) is 0.828. The van der Waals surface area contributed by atoms with Gasteiger partial charge in [-0.2, -0.15) is 0 Å². The summed E-state index contributed by atoms with van der Waals surface area (Å²) >= 11 is 1.44. The van der Waals surface area contributed by atoms with Gasteiger partial charge < -0.3 is 9.73 Å². The van der Waals surface area contributed by atoms with Crippen LogP contribution < -0.4 is 5.32 Å². The highest BCUT2D eigenvalue weighted by atomic mass is 32.2. The van der Waals surface area contributed by atoms with Crippen molar-refractivity contribution in [3.63, 3.8) is 0 Å². The average Bonchev–Trinajstić information content (AvgIpc) is 3.16. The lowest BCUT2D eigenvalue weighted by atomic mass is 10.0. The van der Waals surface area contributed by atoms with Crippen LogP contribution in [0.3, 0.4) is 0 Å². The van der Waals surface area contributed by atoms with E-state index in [2.05, 4.69) is 10.3 Å². The number of hydrogen-bond acceptors (Lipinski definition) is 5. The molecule has 7 heteroatoms. The molecule has 0 saturated carbocycles. The van der Waals surface area contributed by atoms with Crippen LogP contribution in [0.15, 0.2) is 28.2 Å². The van der Waals surface area contributed by atoms with Crippen molar-refractivity contribution < 1.29 is 13.4 Å². The van der Waals surface area contributed by atoms with Crippen LogP contribution in [0.2, 0.25) is 0 Å². The molecule has 0 fully saturated rings. The van der Waals surface area contributed by atoms with Gasteiger partial charge in [0.25, 0.3) is 0 Å².